The topological polar surface area (TPSA) is 67.9 Å². The number of carbonyl (C=O) groups is 2. The maximum Gasteiger partial charge on any atom is 0.227 e. The lowest BCUT2D eigenvalue weighted by molar-refractivity contribution is -0.129. The molecule has 1 N–H and O–H groups in total. The third-order valence-corrected chi connectivity index (χ3v) is 6.67. The van der Waals surface area contributed by atoms with Crippen LogP contribution in [0.3, 0.4) is 0 Å². The molecule has 0 spiro atoms. The van der Waals surface area contributed by atoms with E-state index < -0.39 is 5.82 Å². The van der Waals surface area contributed by atoms with Crippen molar-refractivity contribution in [2.45, 2.75) is 51.2 Å². The van der Waals surface area contributed by atoms with Crippen LogP contribution in [-0.4, -0.2) is 55.7 Å². The number of carbonyl (C=O) groups excluding carboxylic acids is 2. The molecule has 4 rings (SSSR count). The van der Waals surface area contributed by atoms with Crippen molar-refractivity contribution < 1.29 is 23.5 Å². The highest BCUT2D eigenvalue weighted by Crippen LogP contribution is 2.39. The third-order valence-electron chi connectivity index (χ3n) is 6.67. The number of hydrogen-bond acceptors (Lipinski definition) is 4. The van der Waals surface area contributed by atoms with Crippen molar-refractivity contribution in [2.24, 2.45) is 17.8 Å². The number of hydrogen-bond donors (Lipinski definition) is 1. The second kappa shape index (κ2) is 8.92. The molecule has 3 fully saturated rings. The highest BCUT2D eigenvalue weighted by molar-refractivity contribution is 5.79. The molecule has 0 bridgehead atoms. The monoisotopic (exact) mass is 418 g/mol. The Morgan fingerprint density at radius 1 is 1.20 bits per heavy atom. The summed E-state index contributed by atoms with van der Waals surface area (Å²) in [6.07, 6.45) is 4.36. The summed E-state index contributed by atoms with van der Waals surface area (Å²) in [7, 11) is 1.42. The second-order valence-electron chi connectivity index (χ2n) is 9.06. The van der Waals surface area contributed by atoms with Crippen LogP contribution in [0.25, 0.3) is 0 Å². The fourth-order valence-electron chi connectivity index (χ4n) is 4.86. The molecular formula is C23H31FN2O4. The molecule has 6 nitrogen and oxygen atoms in total. The van der Waals surface area contributed by atoms with E-state index in [0.717, 1.165) is 19.4 Å². The van der Waals surface area contributed by atoms with Gasteiger partial charge in [-0.1, -0.05) is 6.07 Å². The molecule has 1 saturated heterocycles. The Kier molecular flexibility index (Phi) is 6.27. The molecule has 2 aliphatic carbocycles. The smallest absolute Gasteiger partial charge is 0.227 e. The summed E-state index contributed by atoms with van der Waals surface area (Å²) in [6, 6.07) is 4.67. The van der Waals surface area contributed by atoms with Crippen LogP contribution in [0, 0.1) is 23.6 Å². The lowest BCUT2D eigenvalue weighted by Crippen LogP contribution is -2.50. The van der Waals surface area contributed by atoms with Gasteiger partial charge in [-0.05, 0) is 61.1 Å². The number of nitrogens with one attached hydrogen (secondary N) is 1. The normalized spacial score (nSPS) is 28.2. The number of nitrogens with zero attached hydrogens (tertiary/aromatic N) is 1. The Morgan fingerprint density at radius 2 is 1.93 bits per heavy atom. The van der Waals surface area contributed by atoms with E-state index in [9.17, 15) is 14.0 Å². The molecule has 0 aromatic heterocycles. The van der Waals surface area contributed by atoms with Crippen LogP contribution in [0.2, 0.25) is 0 Å². The Balaban J connectivity index is 1.37. The van der Waals surface area contributed by atoms with E-state index in [1.54, 1.807) is 19.1 Å². The Hall–Kier alpha value is -2.15. The van der Waals surface area contributed by atoms with Gasteiger partial charge in [0.15, 0.2) is 11.6 Å². The summed E-state index contributed by atoms with van der Waals surface area (Å²) in [5.41, 5.74) is 0.648. The maximum absolute atomic E-state index is 13.9. The Morgan fingerprint density at radius 3 is 2.57 bits per heavy atom. The predicted octanol–water partition coefficient (Wildman–Crippen LogP) is 2.55. The van der Waals surface area contributed by atoms with Gasteiger partial charge < -0.3 is 19.7 Å². The summed E-state index contributed by atoms with van der Waals surface area (Å²) in [5.74, 6) is 1.12. The van der Waals surface area contributed by atoms with Gasteiger partial charge >= 0.3 is 0 Å². The summed E-state index contributed by atoms with van der Waals surface area (Å²) in [6.45, 7) is 3.71. The van der Waals surface area contributed by atoms with E-state index in [1.165, 1.54) is 26.0 Å². The van der Waals surface area contributed by atoms with Crippen molar-refractivity contribution in [2.75, 3.05) is 26.8 Å². The van der Waals surface area contributed by atoms with Gasteiger partial charge in [0.05, 0.1) is 25.7 Å². The zero-order valence-corrected chi connectivity index (χ0v) is 17.7. The summed E-state index contributed by atoms with van der Waals surface area (Å²) >= 11 is 0. The number of halogens is 1. The van der Waals surface area contributed by atoms with E-state index in [2.05, 4.69) is 5.32 Å². The van der Waals surface area contributed by atoms with Crippen LogP contribution in [0.15, 0.2) is 18.2 Å². The summed E-state index contributed by atoms with van der Waals surface area (Å²) in [4.78, 5) is 26.4. The third kappa shape index (κ3) is 4.94. The second-order valence-corrected chi connectivity index (χ2v) is 9.06. The Labute approximate surface area is 177 Å². The van der Waals surface area contributed by atoms with Crippen LogP contribution < -0.4 is 10.1 Å². The quantitative estimate of drug-likeness (QED) is 0.739. The number of amides is 2. The largest absolute Gasteiger partial charge is 0.494 e. The zero-order chi connectivity index (χ0) is 21.3. The van der Waals surface area contributed by atoms with Gasteiger partial charge in [-0.2, -0.15) is 0 Å². The fraction of sp³-hybridized carbons (Fsp3) is 0.652. The van der Waals surface area contributed by atoms with Crippen LogP contribution >= 0.6 is 0 Å². The molecule has 0 radical (unpaired) electrons. The minimum absolute atomic E-state index is 0.00763. The highest BCUT2D eigenvalue weighted by Gasteiger charge is 2.44. The van der Waals surface area contributed by atoms with Crippen LogP contribution in [0.1, 0.15) is 38.2 Å². The minimum Gasteiger partial charge on any atom is -0.494 e. The number of ether oxygens (including phenoxy) is 2. The molecule has 1 aromatic carbocycles. The van der Waals surface area contributed by atoms with Crippen molar-refractivity contribution in [3.63, 3.8) is 0 Å². The molecule has 30 heavy (non-hydrogen) atoms. The van der Waals surface area contributed by atoms with Crippen molar-refractivity contribution in [3.05, 3.63) is 29.6 Å². The average molecular weight is 419 g/mol. The van der Waals surface area contributed by atoms with Gasteiger partial charge in [0, 0.05) is 26.6 Å². The number of likely N-dealkylation sites (tertiary alicyclic amines) is 1. The maximum atomic E-state index is 13.9. The predicted molar refractivity (Wildman–Crippen MR) is 110 cm³/mol. The molecule has 1 aliphatic heterocycles. The van der Waals surface area contributed by atoms with Gasteiger partial charge in [0.1, 0.15) is 0 Å². The minimum atomic E-state index is -0.452. The zero-order valence-electron chi connectivity index (χ0n) is 17.7. The van der Waals surface area contributed by atoms with E-state index in [1.807, 2.05) is 4.90 Å². The number of rotatable bonds is 7. The number of fused-ring (bicyclic) bond motifs is 1. The molecule has 7 heteroatoms. The molecule has 1 heterocycles. The lowest BCUT2D eigenvalue weighted by Gasteiger charge is -2.38. The number of methoxy groups -OCH3 is 1. The van der Waals surface area contributed by atoms with Crippen molar-refractivity contribution in [1.29, 1.82) is 0 Å². The lowest BCUT2D eigenvalue weighted by atomic mass is 9.77. The molecular weight excluding hydrogens is 387 g/mol. The first-order valence-corrected chi connectivity index (χ1v) is 10.9. The first-order valence-electron chi connectivity index (χ1n) is 10.9. The molecule has 2 saturated carbocycles. The van der Waals surface area contributed by atoms with E-state index >= 15 is 0 Å². The van der Waals surface area contributed by atoms with Crippen LogP contribution in [-0.2, 0) is 20.7 Å². The van der Waals surface area contributed by atoms with Crippen LogP contribution in [0.5, 0.6) is 5.75 Å². The summed E-state index contributed by atoms with van der Waals surface area (Å²) < 4.78 is 25.1. The van der Waals surface area contributed by atoms with Gasteiger partial charge in [0.25, 0.3) is 0 Å². The molecule has 2 amide bonds. The van der Waals surface area contributed by atoms with E-state index in [-0.39, 0.29) is 36.1 Å². The molecule has 4 atom stereocenters. The van der Waals surface area contributed by atoms with Crippen molar-refractivity contribution >= 4 is 11.8 Å². The number of benzene rings is 1. The highest BCUT2D eigenvalue weighted by atomic mass is 19.1. The fourth-order valence-corrected chi connectivity index (χ4v) is 4.86. The van der Waals surface area contributed by atoms with Crippen molar-refractivity contribution in [3.8, 4) is 5.75 Å². The molecule has 164 valence electrons. The summed E-state index contributed by atoms with van der Waals surface area (Å²) in [5, 5.41) is 3.07. The molecule has 3 aliphatic rings. The first kappa shape index (κ1) is 21.1. The van der Waals surface area contributed by atoms with Gasteiger partial charge in [-0.25, -0.2) is 4.39 Å². The SMILES string of the molecule is COc1ccc(CC(=O)N2C[C@H]3C[C@@H](NC(C)=O)[C@H](OCC4CC4)C[C@H]3C2)cc1F. The van der Waals surface area contributed by atoms with Gasteiger partial charge in [-0.3, -0.25) is 9.59 Å². The Bertz CT molecular complexity index is 797. The standard InChI is InChI=1S/C23H31FN2O4/c1-14(27)25-20-9-17-11-26(12-18(17)10-22(20)30-13-15-3-4-15)23(28)8-16-5-6-21(29-2)19(24)7-16/h5-7,15,17-18,20,22H,3-4,8-13H2,1-2H3,(H,25,27)/t17-,18+,20-,22-/m1/s1. The van der Waals surface area contributed by atoms with E-state index in [0.29, 0.717) is 36.4 Å². The van der Waals surface area contributed by atoms with Gasteiger partial charge in [-0.15, -0.1) is 0 Å². The average Bonchev–Trinajstić information content (AvgIpc) is 3.43. The molecule has 1 aromatic rings. The first-order chi connectivity index (χ1) is 14.4. The van der Waals surface area contributed by atoms with Gasteiger partial charge in [0.2, 0.25) is 11.8 Å². The van der Waals surface area contributed by atoms with Crippen molar-refractivity contribution in [1.82, 2.24) is 10.2 Å². The molecule has 0 unspecified atom stereocenters. The van der Waals surface area contributed by atoms with Crippen LogP contribution in [0.4, 0.5) is 4.39 Å². The van der Waals surface area contributed by atoms with E-state index in [4.69, 9.17) is 9.47 Å².